The van der Waals surface area contributed by atoms with Gasteiger partial charge in [-0.2, -0.15) is 4.37 Å². The maximum absolute atomic E-state index is 11.1. The highest BCUT2D eigenvalue weighted by molar-refractivity contribution is 7.09. The third-order valence-electron chi connectivity index (χ3n) is 1.78. The van der Waals surface area contributed by atoms with E-state index in [0.29, 0.717) is 24.0 Å². The topological polar surface area (TPSA) is 90.1 Å². The number of amides is 1. The lowest BCUT2D eigenvalue weighted by molar-refractivity contribution is -0.119. The van der Waals surface area contributed by atoms with Gasteiger partial charge in [0.2, 0.25) is 11.0 Å². The standard InChI is InChI=1S/C8H14N4O2S/c1-5-10-8(15-12-5)11-6(7(9)13)3-4-14-2/h6H,3-4H2,1-2H3,(H2,9,13)(H,10,11,12). The van der Waals surface area contributed by atoms with Crippen LogP contribution in [0, 0.1) is 6.92 Å². The van der Waals surface area contributed by atoms with Crippen LogP contribution in [0.25, 0.3) is 0 Å². The molecule has 0 aliphatic carbocycles. The zero-order valence-corrected chi connectivity index (χ0v) is 9.50. The minimum Gasteiger partial charge on any atom is -0.385 e. The van der Waals surface area contributed by atoms with Crippen LogP contribution in [0.4, 0.5) is 5.13 Å². The van der Waals surface area contributed by atoms with Crippen LogP contribution in [-0.4, -0.2) is 35.0 Å². The summed E-state index contributed by atoms with van der Waals surface area (Å²) in [4.78, 5) is 15.2. The molecule has 0 fully saturated rings. The summed E-state index contributed by atoms with van der Waals surface area (Å²) >= 11 is 1.21. The summed E-state index contributed by atoms with van der Waals surface area (Å²) in [6, 6.07) is -0.461. The van der Waals surface area contributed by atoms with Crippen LogP contribution < -0.4 is 11.1 Å². The summed E-state index contributed by atoms with van der Waals surface area (Å²) in [6.07, 6.45) is 0.518. The highest BCUT2D eigenvalue weighted by atomic mass is 32.1. The second-order valence-electron chi connectivity index (χ2n) is 3.03. The number of nitrogens with two attached hydrogens (primary N) is 1. The SMILES string of the molecule is COCCC(Nc1nc(C)ns1)C(N)=O. The first-order chi connectivity index (χ1) is 7.13. The lowest BCUT2D eigenvalue weighted by Gasteiger charge is -2.13. The zero-order valence-electron chi connectivity index (χ0n) is 8.69. The number of carbonyl (C=O) groups is 1. The van der Waals surface area contributed by atoms with Crippen molar-refractivity contribution in [2.24, 2.45) is 5.73 Å². The highest BCUT2D eigenvalue weighted by Gasteiger charge is 2.16. The van der Waals surface area contributed by atoms with Gasteiger partial charge >= 0.3 is 0 Å². The number of carbonyl (C=O) groups excluding carboxylic acids is 1. The number of ether oxygens (including phenoxy) is 1. The van der Waals surface area contributed by atoms with Crippen LogP contribution >= 0.6 is 11.5 Å². The maximum Gasteiger partial charge on any atom is 0.240 e. The van der Waals surface area contributed by atoms with Crippen molar-refractivity contribution in [2.75, 3.05) is 19.0 Å². The Hall–Kier alpha value is -1.21. The summed E-state index contributed by atoms with van der Waals surface area (Å²) in [5, 5.41) is 3.53. The second kappa shape index (κ2) is 5.62. The molecule has 0 bridgehead atoms. The van der Waals surface area contributed by atoms with Gasteiger partial charge in [0.05, 0.1) is 0 Å². The monoisotopic (exact) mass is 230 g/mol. The summed E-state index contributed by atoms with van der Waals surface area (Å²) in [5.74, 6) is 0.261. The van der Waals surface area contributed by atoms with Crippen molar-refractivity contribution in [1.29, 1.82) is 0 Å². The van der Waals surface area contributed by atoms with E-state index >= 15 is 0 Å². The van der Waals surface area contributed by atoms with Crippen LogP contribution in [0.2, 0.25) is 0 Å². The Morgan fingerprint density at radius 1 is 1.73 bits per heavy atom. The van der Waals surface area contributed by atoms with Gasteiger partial charge in [0.15, 0.2) is 0 Å². The number of hydrogen-bond donors (Lipinski definition) is 2. The summed E-state index contributed by atoms with van der Waals surface area (Å²) in [5.41, 5.74) is 5.23. The third kappa shape index (κ3) is 3.80. The molecule has 1 heterocycles. The van der Waals surface area contributed by atoms with Crippen LogP contribution in [0.5, 0.6) is 0 Å². The summed E-state index contributed by atoms with van der Waals surface area (Å²) < 4.78 is 8.88. The Labute approximate surface area is 92.0 Å². The van der Waals surface area contributed by atoms with Gasteiger partial charge in [-0.25, -0.2) is 4.98 Å². The van der Waals surface area contributed by atoms with E-state index in [2.05, 4.69) is 14.7 Å². The smallest absolute Gasteiger partial charge is 0.240 e. The van der Waals surface area contributed by atoms with E-state index in [-0.39, 0.29) is 0 Å². The molecule has 1 amide bonds. The van der Waals surface area contributed by atoms with Gasteiger partial charge in [0.25, 0.3) is 0 Å². The van der Waals surface area contributed by atoms with Crippen molar-refractivity contribution in [1.82, 2.24) is 9.36 Å². The van der Waals surface area contributed by atoms with Gasteiger partial charge in [-0.1, -0.05) is 0 Å². The molecule has 3 N–H and O–H groups in total. The normalized spacial score (nSPS) is 12.4. The molecule has 0 spiro atoms. The first kappa shape index (κ1) is 11.9. The molecule has 0 radical (unpaired) electrons. The zero-order chi connectivity index (χ0) is 11.3. The number of aromatic nitrogens is 2. The van der Waals surface area contributed by atoms with Gasteiger partial charge in [0, 0.05) is 25.2 Å². The summed E-state index contributed by atoms with van der Waals surface area (Å²) in [6.45, 7) is 2.26. The Balaban J connectivity index is 2.54. The van der Waals surface area contributed by atoms with E-state index < -0.39 is 11.9 Å². The van der Waals surface area contributed by atoms with Crippen molar-refractivity contribution in [3.8, 4) is 0 Å². The molecule has 0 aromatic carbocycles. The average molecular weight is 230 g/mol. The fraction of sp³-hybridized carbons (Fsp3) is 0.625. The van der Waals surface area contributed by atoms with Gasteiger partial charge in [-0.05, 0) is 13.3 Å². The van der Waals surface area contributed by atoms with Crippen LogP contribution in [0.15, 0.2) is 0 Å². The fourth-order valence-corrected chi connectivity index (χ4v) is 1.65. The molecule has 1 aromatic heterocycles. The van der Waals surface area contributed by atoms with Crippen LogP contribution in [0.3, 0.4) is 0 Å². The van der Waals surface area contributed by atoms with Gasteiger partial charge in [-0.3, -0.25) is 4.79 Å². The number of methoxy groups -OCH3 is 1. The Kier molecular flexibility index (Phi) is 4.44. The molecule has 0 saturated carbocycles. The van der Waals surface area contributed by atoms with Crippen molar-refractivity contribution in [3.63, 3.8) is 0 Å². The van der Waals surface area contributed by atoms with Crippen molar-refractivity contribution in [2.45, 2.75) is 19.4 Å². The van der Waals surface area contributed by atoms with Crippen LogP contribution in [0.1, 0.15) is 12.2 Å². The van der Waals surface area contributed by atoms with Crippen molar-refractivity contribution >= 4 is 22.6 Å². The van der Waals surface area contributed by atoms with Crippen LogP contribution in [-0.2, 0) is 9.53 Å². The molecule has 84 valence electrons. The quantitative estimate of drug-likeness (QED) is 0.726. The van der Waals surface area contributed by atoms with E-state index in [4.69, 9.17) is 10.5 Å². The fourth-order valence-electron chi connectivity index (χ4n) is 1.03. The molecule has 6 nitrogen and oxygen atoms in total. The van der Waals surface area contributed by atoms with E-state index in [0.717, 1.165) is 0 Å². The van der Waals surface area contributed by atoms with Crippen molar-refractivity contribution in [3.05, 3.63) is 5.82 Å². The number of nitrogens with zero attached hydrogens (tertiary/aromatic N) is 2. The largest absolute Gasteiger partial charge is 0.385 e. The lowest BCUT2D eigenvalue weighted by Crippen LogP contribution is -2.36. The van der Waals surface area contributed by atoms with Gasteiger partial charge in [0.1, 0.15) is 11.9 Å². The average Bonchev–Trinajstić information content (AvgIpc) is 2.58. The predicted molar refractivity (Wildman–Crippen MR) is 57.7 cm³/mol. The molecule has 1 atom stereocenters. The molecule has 1 rings (SSSR count). The summed E-state index contributed by atoms with van der Waals surface area (Å²) in [7, 11) is 1.58. The Bertz CT molecular complexity index is 328. The van der Waals surface area contributed by atoms with E-state index in [1.807, 2.05) is 0 Å². The highest BCUT2D eigenvalue weighted by Crippen LogP contribution is 2.12. The third-order valence-corrected chi connectivity index (χ3v) is 2.52. The Morgan fingerprint density at radius 2 is 2.47 bits per heavy atom. The van der Waals surface area contributed by atoms with Gasteiger partial charge in [-0.15, -0.1) is 0 Å². The second-order valence-corrected chi connectivity index (χ2v) is 3.78. The first-order valence-corrected chi connectivity index (χ1v) is 5.26. The first-order valence-electron chi connectivity index (χ1n) is 4.48. The van der Waals surface area contributed by atoms with Gasteiger partial charge < -0.3 is 15.8 Å². The number of hydrogen-bond acceptors (Lipinski definition) is 6. The minimum absolute atomic E-state index is 0.417. The van der Waals surface area contributed by atoms with E-state index in [1.165, 1.54) is 11.5 Å². The maximum atomic E-state index is 11.1. The number of anilines is 1. The predicted octanol–water partition coefficient (Wildman–Crippen LogP) is 0.149. The minimum atomic E-state index is -0.461. The molecule has 0 saturated heterocycles. The lowest BCUT2D eigenvalue weighted by atomic mass is 10.2. The molecule has 7 heteroatoms. The Morgan fingerprint density at radius 3 is 2.93 bits per heavy atom. The van der Waals surface area contributed by atoms with E-state index in [1.54, 1.807) is 14.0 Å². The number of aryl methyl sites for hydroxylation is 1. The number of primary amides is 1. The van der Waals surface area contributed by atoms with Crippen molar-refractivity contribution < 1.29 is 9.53 Å². The number of nitrogens with one attached hydrogen (secondary N) is 1. The van der Waals surface area contributed by atoms with E-state index in [9.17, 15) is 4.79 Å². The molecule has 15 heavy (non-hydrogen) atoms. The molecular weight excluding hydrogens is 216 g/mol. The molecule has 0 aliphatic heterocycles. The number of rotatable bonds is 6. The molecular formula is C8H14N4O2S. The molecule has 1 aromatic rings. The molecule has 1 unspecified atom stereocenters. The molecule has 0 aliphatic rings.